The number of rotatable bonds is 6. The summed E-state index contributed by atoms with van der Waals surface area (Å²) in [6.07, 6.45) is 1.12. The highest BCUT2D eigenvalue weighted by Crippen LogP contribution is 2.18. The molecule has 0 saturated heterocycles. The lowest BCUT2D eigenvalue weighted by molar-refractivity contribution is 0.588. The van der Waals surface area contributed by atoms with E-state index in [1.54, 1.807) is 24.3 Å². The van der Waals surface area contributed by atoms with Gasteiger partial charge in [0.2, 0.25) is 10.0 Å². The van der Waals surface area contributed by atoms with E-state index < -0.39 is 10.0 Å². The predicted molar refractivity (Wildman–Crippen MR) is 68.0 cm³/mol. The molecular weight excluding hydrogens is 242 g/mol. The van der Waals surface area contributed by atoms with E-state index in [0.717, 1.165) is 11.9 Å². The first-order valence-electron chi connectivity index (χ1n) is 5.01. The third kappa shape index (κ3) is 4.92. The van der Waals surface area contributed by atoms with E-state index in [1.807, 2.05) is 11.9 Å². The molecule has 1 aromatic carbocycles. The zero-order valence-corrected chi connectivity index (χ0v) is 10.6. The Bertz CT molecular complexity index is 470. The van der Waals surface area contributed by atoms with Gasteiger partial charge >= 0.3 is 0 Å². The number of hydrogen-bond acceptors (Lipinski definition) is 5. The summed E-state index contributed by atoms with van der Waals surface area (Å²) in [4.78, 5) is 12.1. The van der Waals surface area contributed by atoms with Gasteiger partial charge in [0.15, 0.2) is 0 Å². The Labute approximate surface area is 101 Å². The summed E-state index contributed by atoms with van der Waals surface area (Å²) >= 11 is 0. The molecule has 0 spiro atoms. The van der Waals surface area contributed by atoms with Gasteiger partial charge < -0.3 is 4.90 Å². The zero-order chi connectivity index (χ0) is 12.9. The van der Waals surface area contributed by atoms with Crippen molar-refractivity contribution in [2.24, 2.45) is 5.18 Å². The number of nitroso groups, excluding NO2 is 1. The van der Waals surface area contributed by atoms with Crippen LogP contribution in [0.2, 0.25) is 0 Å². The topological polar surface area (TPSA) is 78.8 Å². The standard InChI is InChI=1S/C10H15N3O3S/c1-13(8-7-11-17(2,15)16)10-5-3-9(12-14)4-6-10/h3-6,11H,7-8H2,1-2H3. The van der Waals surface area contributed by atoms with E-state index in [4.69, 9.17) is 0 Å². The number of hydrogen-bond donors (Lipinski definition) is 1. The molecule has 0 saturated carbocycles. The van der Waals surface area contributed by atoms with Crippen molar-refractivity contribution in [2.45, 2.75) is 0 Å². The van der Waals surface area contributed by atoms with E-state index in [9.17, 15) is 13.3 Å². The molecule has 1 N–H and O–H groups in total. The number of nitrogens with one attached hydrogen (secondary N) is 1. The van der Waals surface area contributed by atoms with Gasteiger partial charge in [0, 0.05) is 25.8 Å². The number of anilines is 1. The molecule has 0 fully saturated rings. The van der Waals surface area contributed by atoms with Gasteiger partial charge in [-0.05, 0) is 29.4 Å². The first-order chi connectivity index (χ1) is 7.92. The van der Waals surface area contributed by atoms with Crippen LogP contribution in [0.25, 0.3) is 0 Å². The summed E-state index contributed by atoms with van der Waals surface area (Å²) in [5, 5.41) is 2.81. The third-order valence-corrected chi connectivity index (χ3v) is 2.94. The zero-order valence-electron chi connectivity index (χ0n) is 9.75. The molecule has 0 radical (unpaired) electrons. The van der Waals surface area contributed by atoms with Gasteiger partial charge in [-0.1, -0.05) is 0 Å². The van der Waals surface area contributed by atoms with Gasteiger partial charge in [-0.2, -0.15) is 0 Å². The Hall–Kier alpha value is -1.47. The van der Waals surface area contributed by atoms with Gasteiger partial charge in [-0.3, -0.25) is 0 Å². The van der Waals surface area contributed by atoms with E-state index >= 15 is 0 Å². The van der Waals surface area contributed by atoms with Crippen molar-refractivity contribution in [3.8, 4) is 0 Å². The fraction of sp³-hybridized carbons (Fsp3) is 0.400. The van der Waals surface area contributed by atoms with Crippen LogP contribution in [0.5, 0.6) is 0 Å². The van der Waals surface area contributed by atoms with Gasteiger partial charge in [-0.15, -0.1) is 4.91 Å². The van der Waals surface area contributed by atoms with Crippen LogP contribution >= 0.6 is 0 Å². The molecule has 7 heteroatoms. The number of likely N-dealkylation sites (N-methyl/N-ethyl adjacent to an activating group) is 1. The normalized spacial score (nSPS) is 11.2. The van der Waals surface area contributed by atoms with Crippen molar-refractivity contribution in [1.29, 1.82) is 0 Å². The van der Waals surface area contributed by atoms with Crippen LogP contribution in [0.4, 0.5) is 11.4 Å². The first kappa shape index (κ1) is 13.6. The average Bonchev–Trinajstić information content (AvgIpc) is 2.27. The molecule has 0 aliphatic rings. The van der Waals surface area contributed by atoms with Crippen molar-refractivity contribution in [3.63, 3.8) is 0 Å². The van der Waals surface area contributed by atoms with Crippen molar-refractivity contribution < 1.29 is 8.42 Å². The predicted octanol–water partition coefficient (Wildman–Crippen LogP) is 1.07. The second-order valence-corrected chi connectivity index (χ2v) is 5.53. The molecule has 0 atom stereocenters. The Balaban J connectivity index is 2.52. The Morgan fingerprint density at radius 1 is 1.29 bits per heavy atom. The number of nitrogens with zero attached hydrogens (tertiary/aromatic N) is 2. The fourth-order valence-corrected chi connectivity index (χ4v) is 1.76. The highest BCUT2D eigenvalue weighted by atomic mass is 32.2. The Morgan fingerprint density at radius 3 is 2.35 bits per heavy atom. The minimum atomic E-state index is -3.15. The lowest BCUT2D eigenvalue weighted by atomic mass is 10.2. The third-order valence-electron chi connectivity index (χ3n) is 2.21. The second kappa shape index (κ2) is 5.74. The van der Waals surface area contributed by atoms with E-state index in [-0.39, 0.29) is 0 Å². The molecule has 0 aromatic heterocycles. The fourth-order valence-electron chi connectivity index (χ4n) is 1.30. The summed E-state index contributed by atoms with van der Waals surface area (Å²) in [5.41, 5.74) is 1.27. The summed E-state index contributed by atoms with van der Waals surface area (Å²) in [5.74, 6) is 0. The molecule has 1 aromatic rings. The SMILES string of the molecule is CN(CCNS(C)(=O)=O)c1ccc(N=O)cc1. The highest BCUT2D eigenvalue weighted by molar-refractivity contribution is 7.88. The molecule has 6 nitrogen and oxygen atoms in total. The van der Waals surface area contributed by atoms with Crippen LogP contribution in [0, 0.1) is 4.91 Å². The quantitative estimate of drug-likeness (QED) is 0.773. The maximum absolute atomic E-state index is 10.9. The summed E-state index contributed by atoms with van der Waals surface area (Å²) < 4.78 is 24.1. The Morgan fingerprint density at radius 2 is 1.88 bits per heavy atom. The van der Waals surface area contributed by atoms with E-state index in [1.165, 1.54) is 0 Å². The molecular formula is C10H15N3O3S. The van der Waals surface area contributed by atoms with Crippen LogP contribution in [0.15, 0.2) is 29.4 Å². The Kier molecular flexibility index (Phi) is 4.59. The average molecular weight is 257 g/mol. The van der Waals surface area contributed by atoms with Crippen molar-refractivity contribution in [2.75, 3.05) is 31.3 Å². The lowest BCUT2D eigenvalue weighted by Crippen LogP contribution is -2.32. The van der Waals surface area contributed by atoms with Gasteiger partial charge in [-0.25, -0.2) is 13.1 Å². The summed E-state index contributed by atoms with van der Waals surface area (Å²) in [6, 6.07) is 6.75. The van der Waals surface area contributed by atoms with Crippen LogP contribution in [-0.4, -0.2) is 34.8 Å². The molecule has 1 rings (SSSR count). The molecule has 0 amide bonds. The van der Waals surface area contributed by atoms with Gasteiger partial charge in [0.1, 0.15) is 5.69 Å². The first-order valence-corrected chi connectivity index (χ1v) is 6.91. The van der Waals surface area contributed by atoms with Gasteiger partial charge in [0.25, 0.3) is 0 Å². The van der Waals surface area contributed by atoms with Crippen LogP contribution in [0.3, 0.4) is 0 Å². The molecule has 0 bridgehead atoms. The van der Waals surface area contributed by atoms with Crippen molar-refractivity contribution in [3.05, 3.63) is 29.2 Å². The van der Waals surface area contributed by atoms with Crippen LogP contribution in [0.1, 0.15) is 0 Å². The number of sulfonamides is 1. The molecule has 0 unspecified atom stereocenters. The van der Waals surface area contributed by atoms with Gasteiger partial charge in [0.05, 0.1) is 6.26 Å². The minimum absolute atomic E-state index is 0.336. The molecule has 0 aliphatic carbocycles. The largest absolute Gasteiger partial charge is 0.373 e. The van der Waals surface area contributed by atoms with Crippen molar-refractivity contribution >= 4 is 21.4 Å². The molecule has 17 heavy (non-hydrogen) atoms. The summed E-state index contributed by atoms with van der Waals surface area (Å²) in [6.45, 7) is 0.879. The maximum Gasteiger partial charge on any atom is 0.208 e. The highest BCUT2D eigenvalue weighted by Gasteiger charge is 2.03. The molecule has 0 aliphatic heterocycles. The maximum atomic E-state index is 10.9. The van der Waals surface area contributed by atoms with Crippen LogP contribution < -0.4 is 9.62 Å². The number of benzene rings is 1. The van der Waals surface area contributed by atoms with E-state index in [0.29, 0.717) is 18.8 Å². The summed E-state index contributed by atoms with van der Waals surface area (Å²) in [7, 11) is -1.31. The lowest BCUT2D eigenvalue weighted by Gasteiger charge is -2.19. The minimum Gasteiger partial charge on any atom is -0.373 e. The smallest absolute Gasteiger partial charge is 0.208 e. The van der Waals surface area contributed by atoms with Crippen LogP contribution in [-0.2, 0) is 10.0 Å². The molecule has 0 heterocycles. The van der Waals surface area contributed by atoms with Crippen molar-refractivity contribution in [1.82, 2.24) is 4.72 Å². The van der Waals surface area contributed by atoms with E-state index in [2.05, 4.69) is 9.90 Å². The monoisotopic (exact) mass is 257 g/mol. The second-order valence-electron chi connectivity index (χ2n) is 3.70. The molecule has 94 valence electrons.